The minimum absolute atomic E-state index is 0.0521. The predicted octanol–water partition coefficient (Wildman–Crippen LogP) is 9.40. The summed E-state index contributed by atoms with van der Waals surface area (Å²) in [5, 5.41) is 0. The predicted molar refractivity (Wildman–Crippen MR) is 170 cm³/mol. The number of ether oxygens (including phenoxy) is 1. The largest absolute Gasteiger partial charge is 0.463 e. The van der Waals surface area contributed by atoms with Gasteiger partial charge in [0.05, 0.1) is 0 Å². The first kappa shape index (κ1) is 29.6. The Morgan fingerprint density at radius 3 is 2.33 bits per heavy atom. The fourth-order valence-electron chi connectivity index (χ4n) is 10.9. The van der Waals surface area contributed by atoms with Crippen LogP contribution in [-0.2, 0) is 9.53 Å². The molecule has 0 aromatic heterocycles. The lowest BCUT2D eigenvalue weighted by Gasteiger charge is -2.71. The van der Waals surface area contributed by atoms with Crippen LogP contribution in [0.1, 0.15) is 104 Å². The highest BCUT2D eigenvalue weighted by molar-refractivity contribution is 6.10. The van der Waals surface area contributed by atoms with Crippen LogP contribution in [0.4, 0.5) is 0 Å². The van der Waals surface area contributed by atoms with Gasteiger partial charge in [-0.3, -0.25) is 9.59 Å². The minimum atomic E-state index is -0.258. The molecule has 0 amide bonds. The van der Waals surface area contributed by atoms with Crippen LogP contribution in [0.25, 0.3) is 0 Å². The average Bonchev–Trinajstić information content (AvgIpc) is 3.33. The zero-order valence-corrected chi connectivity index (χ0v) is 27.0. The molecule has 3 fully saturated rings. The van der Waals surface area contributed by atoms with Gasteiger partial charge in [0.25, 0.3) is 0 Å². The van der Waals surface area contributed by atoms with E-state index in [1.54, 1.807) is 0 Å². The molecule has 0 N–H and O–H groups in total. The second kappa shape index (κ2) is 10.3. The van der Waals surface area contributed by atoms with Crippen LogP contribution in [0, 0.1) is 57.2 Å². The van der Waals surface area contributed by atoms with E-state index in [0.717, 1.165) is 36.8 Å². The summed E-state index contributed by atoms with van der Waals surface area (Å²) in [4.78, 5) is 26.6. The van der Waals surface area contributed by atoms with Crippen LogP contribution < -0.4 is 0 Å². The molecular formula is C39H52O3. The van der Waals surface area contributed by atoms with E-state index in [4.69, 9.17) is 4.74 Å². The van der Waals surface area contributed by atoms with Gasteiger partial charge in [0.2, 0.25) is 0 Å². The fraction of sp³-hybridized carbons (Fsp3) is 0.641. The number of hydrogen-bond donors (Lipinski definition) is 0. The molecule has 0 saturated heterocycles. The Bertz CT molecular complexity index is 1320. The van der Waals surface area contributed by atoms with Crippen LogP contribution in [0.2, 0.25) is 0 Å². The first-order valence-corrected chi connectivity index (χ1v) is 16.8. The van der Waals surface area contributed by atoms with Crippen molar-refractivity contribution in [1.82, 2.24) is 0 Å². The van der Waals surface area contributed by atoms with Crippen LogP contribution in [0.15, 0.2) is 66.3 Å². The third kappa shape index (κ3) is 4.19. The molecule has 0 heterocycles. The van der Waals surface area contributed by atoms with E-state index in [-0.39, 0.29) is 39.5 Å². The standard InChI is InChI=1S/C39H52O3/c1-25(2)26(3)13-14-27(4)31-15-16-33-36(31,6)19-18-34-37(7)20-17-30(42-28(5)40)23-38(37)21-22-39(33,34)32(24-38)35(41)29-11-9-8-10-12-29/h8-14,21-22,24-27,30-31,33-34H,15-20,23H2,1-7H3. The number of carbonyl (C=O) groups excluding carboxylic acids is 2. The number of ketones is 1. The molecule has 10 atom stereocenters. The number of fused-ring (bicyclic) bond motifs is 1. The van der Waals surface area contributed by atoms with E-state index in [1.807, 2.05) is 30.3 Å². The normalized spacial score (nSPS) is 41.6. The van der Waals surface area contributed by atoms with E-state index in [9.17, 15) is 9.59 Å². The molecule has 10 unspecified atom stereocenters. The van der Waals surface area contributed by atoms with Crippen molar-refractivity contribution in [3.63, 3.8) is 0 Å². The molecule has 3 heteroatoms. The Morgan fingerprint density at radius 1 is 0.905 bits per heavy atom. The average molecular weight is 569 g/mol. The van der Waals surface area contributed by atoms with E-state index in [1.165, 1.54) is 26.2 Å². The lowest BCUT2D eigenvalue weighted by Crippen LogP contribution is -2.65. The molecule has 1 aromatic rings. The maximum absolute atomic E-state index is 14.6. The zero-order valence-electron chi connectivity index (χ0n) is 27.0. The molecule has 2 bridgehead atoms. The van der Waals surface area contributed by atoms with Gasteiger partial charge in [0.1, 0.15) is 6.10 Å². The van der Waals surface area contributed by atoms with Crippen molar-refractivity contribution < 1.29 is 14.3 Å². The summed E-state index contributed by atoms with van der Waals surface area (Å²) in [5.74, 6) is 3.25. The van der Waals surface area contributed by atoms with Gasteiger partial charge in [-0.2, -0.15) is 0 Å². The molecule has 7 rings (SSSR count). The lowest BCUT2D eigenvalue weighted by molar-refractivity contribution is -0.167. The quantitative estimate of drug-likeness (QED) is 0.187. The van der Waals surface area contributed by atoms with Crippen molar-refractivity contribution in [3.05, 3.63) is 71.8 Å². The van der Waals surface area contributed by atoms with E-state index < -0.39 is 0 Å². The fourth-order valence-corrected chi connectivity index (χ4v) is 10.9. The van der Waals surface area contributed by atoms with E-state index in [0.29, 0.717) is 35.5 Å². The second-order valence-corrected chi connectivity index (χ2v) is 15.6. The molecule has 6 aliphatic carbocycles. The third-order valence-electron chi connectivity index (χ3n) is 13.5. The van der Waals surface area contributed by atoms with Crippen LogP contribution >= 0.6 is 0 Å². The number of benzene rings is 1. The SMILES string of the molecule is CC(=O)OC1CCC2(C)C3CCC4(C)C(C(C)C=CC(C)C(C)C)CCC4C34C=CC2(C=C4C(=O)c2ccccc2)C1. The van der Waals surface area contributed by atoms with Gasteiger partial charge in [-0.1, -0.05) is 102 Å². The van der Waals surface area contributed by atoms with E-state index in [2.05, 4.69) is 71.9 Å². The highest BCUT2D eigenvalue weighted by Crippen LogP contribution is 2.78. The maximum Gasteiger partial charge on any atom is 0.302 e. The summed E-state index contributed by atoms with van der Waals surface area (Å²) in [7, 11) is 0. The summed E-state index contributed by atoms with van der Waals surface area (Å²) < 4.78 is 5.83. The van der Waals surface area contributed by atoms with Crippen molar-refractivity contribution in [1.29, 1.82) is 0 Å². The third-order valence-corrected chi connectivity index (χ3v) is 13.5. The lowest BCUT2D eigenvalue weighted by atomic mass is 9.32. The molecule has 226 valence electrons. The van der Waals surface area contributed by atoms with Crippen molar-refractivity contribution >= 4 is 11.8 Å². The first-order valence-electron chi connectivity index (χ1n) is 16.8. The Kier molecular flexibility index (Phi) is 7.30. The number of allylic oxidation sites excluding steroid dienone is 6. The Balaban J connectivity index is 1.44. The van der Waals surface area contributed by atoms with Gasteiger partial charge in [-0.25, -0.2) is 0 Å². The Morgan fingerprint density at radius 2 is 1.64 bits per heavy atom. The first-order chi connectivity index (χ1) is 19.9. The Labute approximate surface area is 254 Å². The summed E-state index contributed by atoms with van der Waals surface area (Å²) in [6.45, 7) is 16.0. The number of Topliss-reactive ketones (excluding diaryl/α,β-unsaturated/α-hetero) is 1. The van der Waals surface area contributed by atoms with Crippen molar-refractivity contribution in [2.24, 2.45) is 57.2 Å². The monoisotopic (exact) mass is 568 g/mol. The molecule has 3 nitrogen and oxygen atoms in total. The van der Waals surface area contributed by atoms with Crippen LogP contribution in [-0.4, -0.2) is 17.9 Å². The number of esters is 1. The molecule has 6 aliphatic rings. The molecule has 2 spiro atoms. The summed E-state index contributed by atoms with van der Waals surface area (Å²) in [5.41, 5.74) is 1.57. The number of rotatable bonds is 7. The summed E-state index contributed by atoms with van der Waals surface area (Å²) in [6.07, 6.45) is 19.8. The molecular weight excluding hydrogens is 516 g/mol. The van der Waals surface area contributed by atoms with Gasteiger partial charge in [0, 0.05) is 28.9 Å². The highest BCUT2D eigenvalue weighted by atomic mass is 16.5. The van der Waals surface area contributed by atoms with Gasteiger partial charge in [-0.05, 0) is 91.3 Å². The molecule has 1 aromatic carbocycles. The summed E-state index contributed by atoms with van der Waals surface area (Å²) in [6, 6.07) is 9.95. The van der Waals surface area contributed by atoms with Gasteiger partial charge in [0.15, 0.2) is 5.78 Å². The van der Waals surface area contributed by atoms with E-state index >= 15 is 0 Å². The maximum atomic E-state index is 14.6. The van der Waals surface area contributed by atoms with Crippen molar-refractivity contribution in [2.75, 3.05) is 0 Å². The smallest absolute Gasteiger partial charge is 0.302 e. The molecule has 3 saturated carbocycles. The topological polar surface area (TPSA) is 43.4 Å². The highest BCUT2D eigenvalue weighted by Gasteiger charge is 2.72. The van der Waals surface area contributed by atoms with Gasteiger partial charge >= 0.3 is 5.97 Å². The number of carbonyl (C=O) groups is 2. The molecule has 42 heavy (non-hydrogen) atoms. The number of hydrogen-bond acceptors (Lipinski definition) is 3. The summed E-state index contributed by atoms with van der Waals surface area (Å²) >= 11 is 0. The van der Waals surface area contributed by atoms with Crippen molar-refractivity contribution in [3.8, 4) is 0 Å². The van der Waals surface area contributed by atoms with Gasteiger partial charge in [-0.15, -0.1) is 0 Å². The second-order valence-electron chi connectivity index (χ2n) is 15.6. The molecule has 0 radical (unpaired) electrons. The zero-order chi connectivity index (χ0) is 30.1. The Hall–Kier alpha value is -2.42. The van der Waals surface area contributed by atoms with Crippen molar-refractivity contribution in [2.45, 2.75) is 99.5 Å². The molecule has 0 aliphatic heterocycles. The van der Waals surface area contributed by atoms with Crippen LogP contribution in [0.3, 0.4) is 0 Å². The minimum Gasteiger partial charge on any atom is -0.463 e. The van der Waals surface area contributed by atoms with Crippen LogP contribution in [0.5, 0.6) is 0 Å². The van der Waals surface area contributed by atoms with Gasteiger partial charge < -0.3 is 4.74 Å².